The Morgan fingerprint density at radius 2 is 1.80 bits per heavy atom. The molecule has 130 valence electrons. The number of fused-ring (bicyclic) bond motifs is 1. The minimum Gasteiger partial charge on any atom is -0.314 e. The smallest absolute Gasteiger partial charge is 0.314 e. The lowest BCUT2D eigenvalue weighted by Gasteiger charge is -2.40. The lowest BCUT2D eigenvalue weighted by atomic mass is 10.1. The van der Waals surface area contributed by atoms with Crippen LogP contribution in [-0.2, 0) is 13.1 Å². The number of piperazine rings is 1. The molecule has 0 atom stereocenters. The van der Waals surface area contributed by atoms with Crippen LogP contribution in [0.25, 0.3) is 0 Å². The Kier molecular flexibility index (Phi) is 4.63. The van der Waals surface area contributed by atoms with E-state index in [1.54, 1.807) is 12.4 Å². The Hall–Kier alpha value is -2.44. The highest BCUT2D eigenvalue weighted by Gasteiger charge is 2.31. The van der Waals surface area contributed by atoms with Gasteiger partial charge >= 0.3 is 6.03 Å². The second-order valence-corrected chi connectivity index (χ2v) is 6.56. The standard InChI is InChI=1S/C19H23N5O/c25-19-23(15-22-11-9-21-10-12-22)14-17-3-1-2-4-18(17)24(19)13-16-5-7-20-8-6-16/h1-8,21H,9-15H2. The zero-order valence-corrected chi connectivity index (χ0v) is 14.3. The van der Waals surface area contributed by atoms with E-state index in [9.17, 15) is 4.79 Å². The quantitative estimate of drug-likeness (QED) is 0.926. The maximum Gasteiger partial charge on any atom is 0.326 e. The summed E-state index contributed by atoms with van der Waals surface area (Å²) >= 11 is 0. The monoisotopic (exact) mass is 337 g/mol. The molecule has 2 aliphatic heterocycles. The lowest BCUT2D eigenvalue weighted by Crippen LogP contribution is -2.54. The number of urea groups is 1. The highest BCUT2D eigenvalue weighted by molar-refractivity contribution is 5.94. The Morgan fingerprint density at radius 1 is 1.04 bits per heavy atom. The van der Waals surface area contributed by atoms with Gasteiger partial charge < -0.3 is 10.2 Å². The Bertz CT molecular complexity index is 730. The largest absolute Gasteiger partial charge is 0.326 e. The molecule has 0 saturated carbocycles. The van der Waals surface area contributed by atoms with E-state index in [4.69, 9.17) is 0 Å². The fourth-order valence-electron chi connectivity index (χ4n) is 3.48. The summed E-state index contributed by atoms with van der Waals surface area (Å²) < 4.78 is 0. The molecular weight excluding hydrogens is 314 g/mol. The maximum atomic E-state index is 13.2. The molecule has 3 heterocycles. The predicted molar refractivity (Wildman–Crippen MR) is 97.1 cm³/mol. The number of carbonyl (C=O) groups is 1. The zero-order valence-electron chi connectivity index (χ0n) is 14.3. The van der Waals surface area contributed by atoms with Gasteiger partial charge in [0.25, 0.3) is 0 Å². The summed E-state index contributed by atoms with van der Waals surface area (Å²) in [5.74, 6) is 0. The van der Waals surface area contributed by atoms with Crippen molar-refractivity contribution in [2.45, 2.75) is 13.1 Å². The number of nitrogens with zero attached hydrogens (tertiary/aromatic N) is 4. The summed E-state index contributed by atoms with van der Waals surface area (Å²) in [5.41, 5.74) is 3.30. The van der Waals surface area contributed by atoms with Crippen LogP contribution in [0.2, 0.25) is 0 Å². The molecule has 4 rings (SSSR count). The third-order valence-corrected chi connectivity index (χ3v) is 4.82. The molecule has 1 fully saturated rings. The minimum absolute atomic E-state index is 0.0778. The van der Waals surface area contributed by atoms with Crippen molar-refractivity contribution in [1.82, 2.24) is 20.1 Å². The van der Waals surface area contributed by atoms with E-state index in [0.717, 1.165) is 37.4 Å². The van der Waals surface area contributed by atoms with Gasteiger partial charge in [0.1, 0.15) is 0 Å². The van der Waals surface area contributed by atoms with Crippen LogP contribution in [-0.4, -0.2) is 53.7 Å². The van der Waals surface area contributed by atoms with Crippen molar-refractivity contribution >= 4 is 11.7 Å². The average Bonchev–Trinajstić information content (AvgIpc) is 2.67. The van der Waals surface area contributed by atoms with Crippen molar-refractivity contribution in [3.05, 3.63) is 59.9 Å². The van der Waals surface area contributed by atoms with E-state index < -0.39 is 0 Å². The number of hydrogen-bond donors (Lipinski definition) is 1. The van der Waals surface area contributed by atoms with Gasteiger partial charge in [-0.1, -0.05) is 18.2 Å². The van der Waals surface area contributed by atoms with Gasteiger partial charge in [-0.15, -0.1) is 0 Å². The van der Waals surface area contributed by atoms with E-state index in [0.29, 0.717) is 19.8 Å². The normalized spacial score (nSPS) is 18.3. The van der Waals surface area contributed by atoms with Crippen LogP contribution in [0, 0.1) is 0 Å². The number of anilines is 1. The molecule has 2 aliphatic rings. The molecule has 1 aromatic carbocycles. The number of benzene rings is 1. The van der Waals surface area contributed by atoms with E-state index >= 15 is 0 Å². The average molecular weight is 337 g/mol. The van der Waals surface area contributed by atoms with Gasteiger partial charge in [-0.25, -0.2) is 4.79 Å². The van der Waals surface area contributed by atoms with Gasteiger partial charge in [0.15, 0.2) is 0 Å². The molecule has 2 aromatic rings. The summed E-state index contributed by atoms with van der Waals surface area (Å²) in [6, 6.07) is 12.2. The number of pyridine rings is 1. The second-order valence-electron chi connectivity index (χ2n) is 6.56. The Balaban J connectivity index is 1.58. The first-order valence-corrected chi connectivity index (χ1v) is 8.77. The molecule has 1 saturated heterocycles. The maximum absolute atomic E-state index is 13.2. The number of rotatable bonds is 4. The fraction of sp³-hybridized carbons (Fsp3) is 0.368. The molecule has 0 aliphatic carbocycles. The van der Waals surface area contributed by atoms with Gasteiger partial charge in [-0.05, 0) is 29.3 Å². The molecule has 0 spiro atoms. The van der Waals surface area contributed by atoms with Gasteiger partial charge in [-0.2, -0.15) is 0 Å². The molecule has 2 amide bonds. The van der Waals surface area contributed by atoms with Gasteiger partial charge in [0, 0.05) is 38.6 Å². The summed E-state index contributed by atoms with van der Waals surface area (Å²) in [6.07, 6.45) is 3.54. The molecule has 6 nitrogen and oxygen atoms in total. The topological polar surface area (TPSA) is 51.7 Å². The first kappa shape index (κ1) is 16.1. The third kappa shape index (κ3) is 3.50. The summed E-state index contributed by atoms with van der Waals surface area (Å²) in [7, 11) is 0. The molecule has 25 heavy (non-hydrogen) atoms. The number of nitrogens with one attached hydrogen (secondary N) is 1. The molecule has 0 radical (unpaired) electrons. The van der Waals surface area contributed by atoms with Crippen LogP contribution < -0.4 is 10.2 Å². The lowest BCUT2D eigenvalue weighted by molar-refractivity contribution is 0.126. The number of carbonyl (C=O) groups excluding carboxylic acids is 1. The highest BCUT2D eigenvalue weighted by Crippen LogP contribution is 2.30. The predicted octanol–water partition coefficient (Wildman–Crippen LogP) is 1.89. The Labute approximate surface area is 148 Å². The van der Waals surface area contributed by atoms with Crippen LogP contribution in [0.4, 0.5) is 10.5 Å². The molecule has 6 heteroatoms. The van der Waals surface area contributed by atoms with Crippen molar-refractivity contribution in [2.24, 2.45) is 0 Å². The van der Waals surface area contributed by atoms with Crippen molar-refractivity contribution in [3.8, 4) is 0 Å². The number of hydrogen-bond acceptors (Lipinski definition) is 4. The molecule has 1 aromatic heterocycles. The van der Waals surface area contributed by atoms with Crippen molar-refractivity contribution in [1.29, 1.82) is 0 Å². The van der Waals surface area contributed by atoms with Crippen LogP contribution >= 0.6 is 0 Å². The Morgan fingerprint density at radius 3 is 2.60 bits per heavy atom. The highest BCUT2D eigenvalue weighted by atomic mass is 16.2. The van der Waals surface area contributed by atoms with Gasteiger partial charge in [0.2, 0.25) is 0 Å². The summed E-state index contributed by atoms with van der Waals surface area (Å²) in [6.45, 7) is 5.86. The van der Waals surface area contributed by atoms with Crippen molar-refractivity contribution in [3.63, 3.8) is 0 Å². The van der Waals surface area contributed by atoms with E-state index in [-0.39, 0.29) is 6.03 Å². The van der Waals surface area contributed by atoms with Crippen molar-refractivity contribution in [2.75, 3.05) is 37.7 Å². The molecule has 1 N–H and O–H groups in total. The van der Waals surface area contributed by atoms with Crippen LogP contribution in [0.3, 0.4) is 0 Å². The van der Waals surface area contributed by atoms with Crippen LogP contribution in [0.15, 0.2) is 48.8 Å². The van der Waals surface area contributed by atoms with E-state index in [1.165, 1.54) is 5.56 Å². The van der Waals surface area contributed by atoms with E-state index in [1.807, 2.05) is 40.1 Å². The second kappa shape index (κ2) is 7.21. The SMILES string of the molecule is O=C1N(CN2CCNCC2)Cc2ccccc2N1Cc1ccncc1. The van der Waals surface area contributed by atoms with Crippen molar-refractivity contribution < 1.29 is 4.79 Å². The molecule has 0 unspecified atom stereocenters. The van der Waals surface area contributed by atoms with Gasteiger partial charge in [0.05, 0.1) is 25.4 Å². The number of para-hydroxylation sites is 1. The minimum atomic E-state index is 0.0778. The number of amides is 2. The van der Waals surface area contributed by atoms with Gasteiger partial charge in [-0.3, -0.25) is 14.8 Å². The summed E-state index contributed by atoms with van der Waals surface area (Å²) in [4.78, 5) is 23.4. The zero-order chi connectivity index (χ0) is 17.1. The third-order valence-electron chi connectivity index (χ3n) is 4.82. The first-order chi connectivity index (χ1) is 12.3. The number of aromatic nitrogens is 1. The van der Waals surface area contributed by atoms with E-state index in [2.05, 4.69) is 21.3 Å². The van der Waals surface area contributed by atoms with Crippen LogP contribution in [0.5, 0.6) is 0 Å². The molecule has 0 bridgehead atoms. The summed E-state index contributed by atoms with van der Waals surface area (Å²) in [5, 5.41) is 3.36. The fourth-order valence-corrected chi connectivity index (χ4v) is 3.48. The first-order valence-electron chi connectivity index (χ1n) is 8.77. The van der Waals surface area contributed by atoms with Crippen LogP contribution in [0.1, 0.15) is 11.1 Å². The molecular formula is C19H23N5O.